The molecule has 1 heterocycles. The van der Waals surface area contributed by atoms with Gasteiger partial charge in [-0.2, -0.15) is 0 Å². The van der Waals surface area contributed by atoms with Gasteiger partial charge >= 0.3 is 0 Å². The van der Waals surface area contributed by atoms with E-state index in [9.17, 15) is 0 Å². The van der Waals surface area contributed by atoms with E-state index in [0.717, 1.165) is 23.8 Å². The fourth-order valence-electron chi connectivity index (χ4n) is 3.62. The van der Waals surface area contributed by atoms with Crippen LogP contribution in [0.4, 0.5) is 0 Å². The van der Waals surface area contributed by atoms with Crippen LogP contribution in [0.5, 0.6) is 0 Å². The van der Waals surface area contributed by atoms with Crippen LogP contribution in [0, 0.1) is 5.92 Å². The highest BCUT2D eigenvalue weighted by Crippen LogP contribution is 2.43. The van der Waals surface area contributed by atoms with Crippen molar-refractivity contribution in [3.05, 3.63) is 35.4 Å². The van der Waals surface area contributed by atoms with E-state index in [2.05, 4.69) is 34.9 Å². The Morgan fingerprint density at radius 3 is 2.35 bits per heavy atom. The normalized spacial score (nSPS) is 30.4. The lowest BCUT2D eigenvalue weighted by atomic mass is 9.98. The van der Waals surface area contributed by atoms with Gasteiger partial charge in [0.15, 0.2) is 0 Å². The molecule has 2 aliphatic carbocycles. The smallest absolute Gasteiger partial charge is 0.0143 e. The number of benzene rings is 1. The third-order valence-corrected chi connectivity index (χ3v) is 5.33. The topological polar surface area (TPSA) is 24.1 Å². The molecule has 1 aromatic rings. The largest absolute Gasteiger partial charge is 0.317 e. The highest BCUT2D eigenvalue weighted by atomic mass is 15.0. The van der Waals surface area contributed by atoms with Crippen molar-refractivity contribution in [3.8, 4) is 0 Å². The van der Waals surface area contributed by atoms with Crippen LogP contribution in [0.2, 0.25) is 0 Å². The monoisotopic (exact) mass is 270 g/mol. The molecule has 2 atom stereocenters. The zero-order valence-electron chi connectivity index (χ0n) is 12.3. The van der Waals surface area contributed by atoms with E-state index < -0.39 is 0 Å². The molecule has 2 heteroatoms. The van der Waals surface area contributed by atoms with Gasteiger partial charge in [-0.05, 0) is 74.7 Å². The Kier molecular flexibility index (Phi) is 3.53. The lowest BCUT2D eigenvalue weighted by Gasteiger charge is -2.22. The van der Waals surface area contributed by atoms with Gasteiger partial charge in [-0.15, -0.1) is 0 Å². The van der Waals surface area contributed by atoms with Gasteiger partial charge in [-0.3, -0.25) is 0 Å². The summed E-state index contributed by atoms with van der Waals surface area (Å²) in [5, 5.41) is 7.24. The summed E-state index contributed by atoms with van der Waals surface area (Å²) < 4.78 is 0. The lowest BCUT2D eigenvalue weighted by molar-refractivity contribution is 0.355. The molecular weight excluding hydrogens is 244 g/mol. The molecule has 2 saturated carbocycles. The Morgan fingerprint density at radius 2 is 1.65 bits per heavy atom. The van der Waals surface area contributed by atoms with E-state index in [0.29, 0.717) is 0 Å². The molecule has 0 amide bonds. The molecule has 3 aliphatic rings. The molecule has 1 aliphatic heterocycles. The van der Waals surface area contributed by atoms with Gasteiger partial charge < -0.3 is 10.6 Å². The SMILES string of the molecule is c1cc([C@@H]2C[C@H]2NCC2CCNCC2)ccc1C1CC1. The average molecular weight is 270 g/mol. The number of piperidine rings is 1. The first-order valence-electron chi connectivity index (χ1n) is 8.44. The summed E-state index contributed by atoms with van der Waals surface area (Å²) in [5.74, 6) is 2.57. The molecule has 0 aromatic heterocycles. The Labute approximate surface area is 122 Å². The second kappa shape index (κ2) is 5.50. The molecule has 1 saturated heterocycles. The molecule has 20 heavy (non-hydrogen) atoms. The van der Waals surface area contributed by atoms with Crippen molar-refractivity contribution in [1.29, 1.82) is 0 Å². The molecule has 0 radical (unpaired) electrons. The van der Waals surface area contributed by atoms with Crippen LogP contribution in [-0.4, -0.2) is 25.7 Å². The molecule has 4 rings (SSSR count). The van der Waals surface area contributed by atoms with Crippen LogP contribution in [0.3, 0.4) is 0 Å². The van der Waals surface area contributed by atoms with Crippen LogP contribution >= 0.6 is 0 Å². The van der Waals surface area contributed by atoms with Crippen molar-refractivity contribution >= 4 is 0 Å². The van der Waals surface area contributed by atoms with Crippen molar-refractivity contribution < 1.29 is 0 Å². The number of nitrogens with one attached hydrogen (secondary N) is 2. The minimum absolute atomic E-state index is 0.747. The molecule has 1 aromatic carbocycles. The zero-order valence-corrected chi connectivity index (χ0v) is 12.3. The number of hydrogen-bond acceptors (Lipinski definition) is 2. The minimum atomic E-state index is 0.747. The van der Waals surface area contributed by atoms with Crippen molar-refractivity contribution in [2.45, 2.75) is 50.0 Å². The van der Waals surface area contributed by atoms with E-state index in [4.69, 9.17) is 0 Å². The highest BCUT2D eigenvalue weighted by Gasteiger charge is 2.38. The predicted molar refractivity (Wildman–Crippen MR) is 83.2 cm³/mol. The first kappa shape index (κ1) is 12.8. The summed E-state index contributed by atoms with van der Waals surface area (Å²) in [6, 6.07) is 10.2. The quantitative estimate of drug-likeness (QED) is 0.859. The van der Waals surface area contributed by atoms with Gasteiger partial charge in [-0.25, -0.2) is 0 Å². The summed E-state index contributed by atoms with van der Waals surface area (Å²) in [7, 11) is 0. The van der Waals surface area contributed by atoms with Crippen molar-refractivity contribution in [2.75, 3.05) is 19.6 Å². The van der Waals surface area contributed by atoms with Crippen LogP contribution < -0.4 is 10.6 Å². The van der Waals surface area contributed by atoms with Crippen molar-refractivity contribution in [2.24, 2.45) is 5.92 Å². The number of rotatable bonds is 5. The molecule has 0 spiro atoms. The summed E-state index contributed by atoms with van der Waals surface area (Å²) in [4.78, 5) is 0. The van der Waals surface area contributed by atoms with Crippen LogP contribution in [0.15, 0.2) is 24.3 Å². The maximum Gasteiger partial charge on any atom is 0.0143 e. The molecule has 2 nitrogen and oxygen atoms in total. The highest BCUT2D eigenvalue weighted by molar-refractivity contribution is 5.33. The Hall–Kier alpha value is -0.860. The maximum atomic E-state index is 3.80. The van der Waals surface area contributed by atoms with Gasteiger partial charge in [0, 0.05) is 12.0 Å². The fraction of sp³-hybridized carbons (Fsp3) is 0.667. The molecule has 3 fully saturated rings. The second-order valence-electron chi connectivity index (χ2n) is 6.99. The first-order valence-corrected chi connectivity index (χ1v) is 8.44. The van der Waals surface area contributed by atoms with Crippen LogP contribution in [0.1, 0.15) is 55.1 Å². The van der Waals surface area contributed by atoms with Gasteiger partial charge in [0.2, 0.25) is 0 Å². The van der Waals surface area contributed by atoms with Crippen molar-refractivity contribution in [3.63, 3.8) is 0 Å². The van der Waals surface area contributed by atoms with Gasteiger partial charge in [-0.1, -0.05) is 24.3 Å². The molecular formula is C18H26N2. The Bertz CT molecular complexity index is 443. The first-order chi connectivity index (χ1) is 9.90. The summed E-state index contributed by atoms with van der Waals surface area (Å²) in [5.41, 5.74) is 3.12. The predicted octanol–water partition coefficient (Wildman–Crippen LogP) is 3.01. The second-order valence-corrected chi connectivity index (χ2v) is 6.99. The third kappa shape index (κ3) is 2.91. The third-order valence-electron chi connectivity index (χ3n) is 5.33. The van der Waals surface area contributed by atoms with Crippen molar-refractivity contribution in [1.82, 2.24) is 10.6 Å². The van der Waals surface area contributed by atoms with E-state index in [1.54, 1.807) is 11.1 Å². The van der Waals surface area contributed by atoms with Gasteiger partial charge in [0.25, 0.3) is 0 Å². The van der Waals surface area contributed by atoms with E-state index in [-0.39, 0.29) is 0 Å². The Morgan fingerprint density at radius 1 is 0.950 bits per heavy atom. The average Bonchev–Trinajstić information content (AvgIpc) is 3.40. The van der Waals surface area contributed by atoms with E-state index in [1.165, 1.54) is 51.7 Å². The van der Waals surface area contributed by atoms with Gasteiger partial charge in [0.1, 0.15) is 0 Å². The summed E-state index contributed by atoms with van der Waals surface area (Å²) >= 11 is 0. The standard InChI is InChI=1S/C18H26N2/c1-2-14(1)15-3-5-16(6-4-15)17-11-18(17)20-12-13-7-9-19-10-8-13/h3-6,13-14,17-20H,1-2,7-12H2/t17-,18+/m0/s1. The van der Waals surface area contributed by atoms with Crippen LogP contribution in [0.25, 0.3) is 0 Å². The fourth-order valence-corrected chi connectivity index (χ4v) is 3.62. The molecule has 2 N–H and O–H groups in total. The molecule has 0 bridgehead atoms. The Balaban J connectivity index is 1.26. The maximum absolute atomic E-state index is 3.80. The molecule has 0 unspecified atom stereocenters. The summed E-state index contributed by atoms with van der Waals surface area (Å²) in [6.45, 7) is 3.65. The van der Waals surface area contributed by atoms with E-state index in [1.807, 2.05) is 0 Å². The number of hydrogen-bond donors (Lipinski definition) is 2. The zero-order chi connectivity index (χ0) is 13.4. The molecule has 108 valence electrons. The summed E-state index contributed by atoms with van der Waals surface area (Å²) in [6.07, 6.45) is 6.85. The van der Waals surface area contributed by atoms with Crippen LogP contribution in [-0.2, 0) is 0 Å². The lowest BCUT2D eigenvalue weighted by Crippen LogP contribution is -2.34. The van der Waals surface area contributed by atoms with E-state index >= 15 is 0 Å². The minimum Gasteiger partial charge on any atom is -0.317 e. The van der Waals surface area contributed by atoms with Gasteiger partial charge in [0.05, 0.1) is 0 Å².